The Hall–Kier alpha value is -2.42. The Kier molecular flexibility index (Phi) is 6.91. The predicted octanol–water partition coefficient (Wildman–Crippen LogP) is 0.922. The van der Waals surface area contributed by atoms with E-state index in [0.29, 0.717) is 0 Å². The topological polar surface area (TPSA) is 121 Å². The second-order valence-electron chi connectivity index (χ2n) is 6.80. The number of carboxylic acid groups (broad SMARTS) is 1. The summed E-state index contributed by atoms with van der Waals surface area (Å²) in [5, 5.41) is 11.5. The summed E-state index contributed by atoms with van der Waals surface area (Å²) in [6.45, 7) is 3.42. The van der Waals surface area contributed by atoms with Crippen LogP contribution < -0.4 is 5.32 Å². The Bertz CT molecular complexity index is 782. The van der Waals surface area contributed by atoms with E-state index in [-0.39, 0.29) is 23.3 Å². The first-order valence-electron chi connectivity index (χ1n) is 7.91. The van der Waals surface area contributed by atoms with E-state index < -0.39 is 38.9 Å². The average Bonchev–Trinajstić information content (AvgIpc) is 2.52. The molecule has 2 amide bonds. The third-order valence-electron chi connectivity index (χ3n) is 3.70. The lowest BCUT2D eigenvalue weighted by Gasteiger charge is -2.25. The number of carboxylic acids is 1. The monoisotopic (exact) mass is 384 g/mol. The van der Waals surface area contributed by atoms with Crippen molar-refractivity contribution in [1.29, 1.82) is 0 Å². The van der Waals surface area contributed by atoms with Gasteiger partial charge in [-0.05, 0) is 44.5 Å². The van der Waals surface area contributed by atoms with Gasteiger partial charge in [0, 0.05) is 31.6 Å². The molecular weight excluding hydrogens is 360 g/mol. The van der Waals surface area contributed by atoms with Crippen LogP contribution in [0.5, 0.6) is 0 Å². The minimum Gasteiger partial charge on any atom is -0.481 e. The van der Waals surface area contributed by atoms with Crippen LogP contribution >= 0.6 is 0 Å². The van der Waals surface area contributed by atoms with Gasteiger partial charge in [0.05, 0.1) is 4.90 Å². The van der Waals surface area contributed by atoms with Gasteiger partial charge in [-0.25, -0.2) is 8.42 Å². The zero-order valence-electron chi connectivity index (χ0n) is 15.3. The molecule has 0 spiro atoms. The number of nitrogens with zero attached hydrogens (tertiary/aromatic N) is 1. The van der Waals surface area contributed by atoms with E-state index in [0.717, 1.165) is 0 Å². The fraction of sp³-hybridized carbons (Fsp3) is 0.471. The Morgan fingerprint density at radius 1 is 1.12 bits per heavy atom. The molecule has 0 saturated carbocycles. The van der Waals surface area contributed by atoms with E-state index in [4.69, 9.17) is 5.11 Å². The highest BCUT2D eigenvalue weighted by Crippen LogP contribution is 2.16. The molecule has 0 unspecified atom stereocenters. The molecule has 144 valence electrons. The lowest BCUT2D eigenvalue weighted by atomic mass is 9.98. The predicted molar refractivity (Wildman–Crippen MR) is 95.6 cm³/mol. The molecule has 1 aromatic carbocycles. The second kappa shape index (κ2) is 8.31. The number of benzene rings is 1. The number of carbonyl (C=O) groups excluding carboxylic acids is 2. The van der Waals surface area contributed by atoms with Crippen molar-refractivity contribution < 1.29 is 27.9 Å². The average molecular weight is 384 g/mol. The molecule has 0 bridgehead atoms. The maximum atomic E-state index is 12.3. The van der Waals surface area contributed by atoms with Gasteiger partial charge in [0.1, 0.15) is 5.75 Å². The fourth-order valence-electron chi connectivity index (χ4n) is 2.05. The molecule has 2 N–H and O–H groups in total. The van der Waals surface area contributed by atoms with Crippen molar-refractivity contribution >= 4 is 27.6 Å². The van der Waals surface area contributed by atoms with Gasteiger partial charge < -0.3 is 15.3 Å². The Morgan fingerprint density at radius 2 is 1.65 bits per heavy atom. The fourth-order valence-corrected chi connectivity index (χ4v) is 3.35. The van der Waals surface area contributed by atoms with Crippen molar-refractivity contribution in [3.8, 4) is 0 Å². The normalized spacial score (nSPS) is 11.7. The van der Waals surface area contributed by atoms with Crippen molar-refractivity contribution in [3.63, 3.8) is 0 Å². The van der Waals surface area contributed by atoms with Gasteiger partial charge in [0.2, 0.25) is 5.91 Å². The standard InChI is InChI=1S/C17H24N2O6S/c1-17(2,10-9-15(21)22)18-16(23)12-5-7-13(8-6-12)26(24,25)11-14(20)19(3)4/h5-8H,9-11H2,1-4H3,(H,18,23)(H,21,22). The number of hydrogen-bond acceptors (Lipinski definition) is 5. The first-order chi connectivity index (χ1) is 11.8. The first-order valence-corrected chi connectivity index (χ1v) is 9.56. The maximum absolute atomic E-state index is 12.3. The van der Waals surface area contributed by atoms with Gasteiger partial charge in [0.25, 0.3) is 5.91 Å². The number of carbonyl (C=O) groups is 3. The van der Waals surface area contributed by atoms with Gasteiger partial charge in [-0.2, -0.15) is 0 Å². The van der Waals surface area contributed by atoms with Crippen LogP contribution in [-0.2, 0) is 19.4 Å². The highest BCUT2D eigenvalue weighted by atomic mass is 32.2. The van der Waals surface area contributed by atoms with Crippen molar-refractivity contribution in [2.24, 2.45) is 0 Å². The maximum Gasteiger partial charge on any atom is 0.303 e. The third kappa shape index (κ3) is 6.47. The number of amides is 2. The van der Waals surface area contributed by atoms with Crippen LogP contribution in [0.4, 0.5) is 0 Å². The molecule has 26 heavy (non-hydrogen) atoms. The molecule has 0 saturated heterocycles. The van der Waals surface area contributed by atoms with E-state index in [9.17, 15) is 22.8 Å². The molecule has 0 aliphatic rings. The number of rotatable bonds is 8. The summed E-state index contributed by atoms with van der Waals surface area (Å²) in [6, 6.07) is 5.26. The van der Waals surface area contributed by atoms with Crippen LogP contribution in [0.1, 0.15) is 37.0 Å². The summed E-state index contributed by atoms with van der Waals surface area (Å²) in [5.41, 5.74) is -0.482. The van der Waals surface area contributed by atoms with Crippen molar-refractivity contribution in [1.82, 2.24) is 10.2 Å². The molecular formula is C17H24N2O6S. The highest BCUT2D eigenvalue weighted by Gasteiger charge is 2.24. The molecule has 0 atom stereocenters. The van der Waals surface area contributed by atoms with Crippen LogP contribution in [0.2, 0.25) is 0 Å². The molecule has 0 radical (unpaired) electrons. The van der Waals surface area contributed by atoms with Gasteiger partial charge in [-0.1, -0.05) is 0 Å². The van der Waals surface area contributed by atoms with Crippen LogP contribution in [0.25, 0.3) is 0 Å². The minimum atomic E-state index is -3.79. The summed E-state index contributed by atoms with van der Waals surface area (Å²) in [5.74, 6) is -2.57. The summed E-state index contributed by atoms with van der Waals surface area (Å²) in [6.07, 6.45) is 0.178. The number of aliphatic carboxylic acids is 1. The molecule has 0 aliphatic heterocycles. The number of hydrogen-bond donors (Lipinski definition) is 2. The van der Waals surface area contributed by atoms with E-state index >= 15 is 0 Å². The van der Waals surface area contributed by atoms with Crippen molar-refractivity contribution in [2.45, 2.75) is 37.1 Å². The zero-order chi connectivity index (χ0) is 20.1. The lowest BCUT2D eigenvalue weighted by molar-refractivity contribution is -0.137. The van der Waals surface area contributed by atoms with Crippen molar-refractivity contribution in [3.05, 3.63) is 29.8 Å². The summed E-state index contributed by atoms with van der Waals surface area (Å²) in [4.78, 5) is 35.7. The van der Waals surface area contributed by atoms with Gasteiger partial charge >= 0.3 is 5.97 Å². The van der Waals surface area contributed by atoms with E-state index in [1.54, 1.807) is 13.8 Å². The Balaban J connectivity index is 2.85. The smallest absolute Gasteiger partial charge is 0.303 e. The summed E-state index contributed by atoms with van der Waals surface area (Å²) >= 11 is 0. The molecule has 0 aliphatic carbocycles. The molecule has 0 heterocycles. The van der Waals surface area contributed by atoms with E-state index in [2.05, 4.69) is 5.32 Å². The number of nitrogens with one attached hydrogen (secondary N) is 1. The molecule has 1 rings (SSSR count). The lowest BCUT2D eigenvalue weighted by Crippen LogP contribution is -2.43. The Labute approximate surface area is 153 Å². The zero-order valence-corrected chi connectivity index (χ0v) is 16.1. The molecule has 0 fully saturated rings. The van der Waals surface area contributed by atoms with Crippen LogP contribution in [0.3, 0.4) is 0 Å². The van der Waals surface area contributed by atoms with Gasteiger partial charge in [-0.3, -0.25) is 14.4 Å². The van der Waals surface area contributed by atoms with E-state index in [1.807, 2.05) is 0 Å². The highest BCUT2D eigenvalue weighted by molar-refractivity contribution is 7.92. The quantitative estimate of drug-likeness (QED) is 0.687. The van der Waals surface area contributed by atoms with Crippen LogP contribution in [0.15, 0.2) is 29.2 Å². The first kappa shape index (κ1) is 21.6. The summed E-state index contributed by atoms with van der Waals surface area (Å²) < 4.78 is 24.4. The summed E-state index contributed by atoms with van der Waals surface area (Å²) in [7, 11) is -0.849. The Morgan fingerprint density at radius 3 is 2.12 bits per heavy atom. The molecule has 8 nitrogen and oxygen atoms in total. The van der Waals surface area contributed by atoms with E-state index in [1.165, 1.54) is 43.3 Å². The third-order valence-corrected chi connectivity index (χ3v) is 5.32. The largest absolute Gasteiger partial charge is 0.481 e. The second-order valence-corrected chi connectivity index (χ2v) is 8.79. The van der Waals surface area contributed by atoms with Gasteiger partial charge in [0.15, 0.2) is 9.84 Å². The number of sulfone groups is 1. The molecule has 9 heteroatoms. The van der Waals surface area contributed by atoms with Crippen molar-refractivity contribution in [2.75, 3.05) is 19.8 Å². The molecule has 0 aromatic heterocycles. The van der Waals surface area contributed by atoms with Crippen LogP contribution in [0, 0.1) is 0 Å². The van der Waals surface area contributed by atoms with Crippen LogP contribution in [-0.4, -0.2) is 61.6 Å². The van der Waals surface area contributed by atoms with Gasteiger partial charge in [-0.15, -0.1) is 0 Å². The SMILES string of the molecule is CN(C)C(=O)CS(=O)(=O)c1ccc(C(=O)NC(C)(C)CCC(=O)O)cc1. The molecule has 1 aromatic rings. The minimum absolute atomic E-state index is 0.0469.